The number of nitrogens with one attached hydrogen (secondary N) is 1. The molecule has 2 heterocycles. The number of nitrogens with zero attached hydrogens (tertiary/aromatic N) is 5. The van der Waals surface area contributed by atoms with Gasteiger partial charge in [0, 0.05) is 31.0 Å². The van der Waals surface area contributed by atoms with Gasteiger partial charge in [-0.25, -0.2) is 4.68 Å². The average molecular weight is 541 g/mol. The first-order valence-corrected chi connectivity index (χ1v) is 13.8. The van der Waals surface area contributed by atoms with Crippen molar-refractivity contribution in [3.8, 4) is 0 Å². The van der Waals surface area contributed by atoms with Crippen molar-refractivity contribution in [3.05, 3.63) is 83.9 Å². The third-order valence-corrected chi connectivity index (χ3v) is 7.74. The Labute approximate surface area is 234 Å². The van der Waals surface area contributed by atoms with Crippen LogP contribution in [0.3, 0.4) is 0 Å². The summed E-state index contributed by atoms with van der Waals surface area (Å²) in [4.78, 5) is 31.8. The van der Waals surface area contributed by atoms with Crippen LogP contribution in [0.4, 0.5) is 11.4 Å². The molecule has 0 bridgehead atoms. The maximum atomic E-state index is 13.9. The largest absolute Gasteiger partial charge is 0.378 e. The Morgan fingerprint density at radius 2 is 1.70 bits per heavy atom. The van der Waals surface area contributed by atoms with Gasteiger partial charge in [0.25, 0.3) is 0 Å². The molecule has 1 N–H and O–H groups in total. The Kier molecular flexibility index (Phi) is 8.11. The number of hydrogen-bond donors (Lipinski definition) is 1. The number of morpholine rings is 1. The van der Waals surface area contributed by atoms with Crippen LogP contribution >= 0.6 is 0 Å². The molecule has 5 rings (SSSR count). The lowest BCUT2D eigenvalue weighted by molar-refractivity contribution is -0.146. The Bertz CT molecular complexity index is 1460. The molecule has 1 saturated heterocycles. The highest BCUT2D eigenvalue weighted by Crippen LogP contribution is 2.27. The number of benzene rings is 3. The highest BCUT2D eigenvalue weighted by atomic mass is 16.5. The van der Waals surface area contributed by atoms with Crippen molar-refractivity contribution in [1.82, 2.24) is 19.9 Å². The predicted molar refractivity (Wildman–Crippen MR) is 156 cm³/mol. The van der Waals surface area contributed by atoms with Crippen LogP contribution in [0.15, 0.2) is 72.8 Å². The standard InChI is InChI=1S/C31H36N6O3/c1-4-31(3,30(39)32-25-13-15-26(16-14-25)35-17-19-40-20-18-35)36(21-24-11-9-23(2)10-12-24)29(38)22-37-28-8-6-5-7-27(28)33-34-37/h5-16H,4,17-22H2,1-3H3,(H,32,39)/t31-/m1/s1. The fourth-order valence-electron chi connectivity index (χ4n) is 4.98. The molecule has 0 unspecified atom stereocenters. The van der Waals surface area contributed by atoms with Gasteiger partial charge in [-0.3, -0.25) is 9.59 Å². The van der Waals surface area contributed by atoms with Crippen LogP contribution in [0, 0.1) is 6.92 Å². The zero-order valence-corrected chi connectivity index (χ0v) is 23.3. The van der Waals surface area contributed by atoms with Gasteiger partial charge in [-0.05, 0) is 62.2 Å². The summed E-state index contributed by atoms with van der Waals surface area (Å²) >= 11 is 0. The van der Waals surface area contributed by atoms with Crippen LogP contribution in [0.5, 0.6) is 0 Å². The first kappa shape index (κ1) is 27.3. The van der Waals surface area contributed by atoms with Gasteiger partial charge in [0.05, 0.1) is 18.7 Å². The van der Waals surface area contributed by atoms with Gasteiger partial charge < -0.3 is 19.9 Å². The van der Waals surface area contributed by atoms with E-state index in [0.29, 0.717) is 31.9 Å². The molecule has 208 valence electrons. The normalized spacial score (nSPS) is 15.0. The number of aryl methyl sites for hydroxylation is 1. The van der Waals surface area contributed by atoms with Crippen molar-refractivity contribution in [2.75, 3.05) is 36.5 Å². The molecule has 2 amide bonds. The van der Waals surface area contributed by atoms with Crippen molar-refractivity contribution in [1.29, 1.82) is 0 Å². The van der Waals surface area contributed by atoms with E-state index in [1.807, 2.05) is 93.6 Å². The number of para-hydroxylation sites is 1. The lowest BCUT2D eigenvalue weighted by Gasteiger charge is -2.39. The van der Waals surface area contributed by atoms with E-state index >= 15 is 0 Å². The van der Waals surface area contributed by atoms with E-state index in [1.165, 1.54) is 0 Å². The first-order valence-electron chi connectivity index (χ1n) is 13.8. The number of hydrogen-bond acceptors (Lipinski definition) is 6. The second kappa shape index (κ2) is 11.9. The number of fused-ring (bicyclic) bond motifs is 1. The molecular weight excluding hydrogens is 504 g/mol. The minimum atomic E-state index is -1.11. The molecule has 1 aliphatic rings. The van der Waals surface area contributed by atoms with Gasteiger partial charge in [-0.1, -0.05) is 54.1 Å². The van der Waals surface area contributed by atoms with E-state index in [9.17, 15) is 9.59 Å². The third kappa shape index (κ3) is 5.84. The number of amides is 2. The molecule has 9 nitrogen and oxygen atoms in total. The van der Waals surface area contributed by atoms with E-state index in [0.717, 1.165) is 40.9 Å². The van der Waals surface area contributed by atoms with E-state index in [1.54, 1.807) is 9.58 Å². The number of ether oxygens (including phenoxy) is 1. The Morgan fingerprint density at radius 3 is 2.40 bits per heavy atom. The number of rotatable bonds is 9. The van der Waals surface area contributed by atoms with Crippen LogP contribution in [-0.4, -0.2) is 63.6 Å². The summed E-state index contributed by atoms with van der Waals surface area (Å²) in [5.41, 5.74) is 4.24. The fourth-order valence-corrected chi connectivity index (χ4v) is 4.98. The topological polar surface area (TPSA) is 92.6 Å². The Hall–Kier alpha value is -4.24. The highest BCUT2D eigenvalue weighted by molar-refractivity contribution is 6.00. The molecule has 0 spiro atoms. The summed E-state index contributed by atoms with van der Waals surface area (Å²) < 4.78 is 7.05. The molecule has 1 aliphatic heterocycles. The fraction of sp³-hybridized carbons (Fsp3) is 0.355. The van der Waals surface area contributed by atoms with E-state index < -0.39 is 5.54 Å². The van der Waals surface area contributed by atoms with Crippen LogP contribution in [0.25, 0.3) is 11.0 Å². The molecule has 1 atom stereocenters. The minimum absolute atomic E-state index is 0.0243. The molecule has 0 saturated carbocycles. The zero-order chi connectivity index (χ0) is 28.1. The minimum Gasteiger partial charge on any atom is -0.378 e. The summed E-state index contributed by atoms with van der Waals surface area (Å²) in [6, 6.07) is 23.4. The molecule has 1 aromatic heterocycles. The zero-order valence-electron chi connectivity index (χ0n) is 23.3. The van der Waals surface area contributed by atoms with E-state index in [4.69, 9.17) is 4.74 Å². The van der Waals surface area contributed by atoms with Gasteiger partial charge >= 0.3 is 0 Å². The monoisotopic (exact) mass is 540 g/mol. The second-order valence-corrected chi connectivity index (χ2v) is 10.4. The summed E-state index contributed by atoms with van der Waals surface area (Å²) in [6.45, 7) is 9.16. The van der Waals surface area contributed by atoms with Crippen LogP contribution in [-0.2, 0) is 27.4 Å². The Balaban J connectivity index is 1.39. The van der Waals surface area contributed by atoms with Crippen molar-refractivity contribution in [2.24, 2.45) is 0 Å². The molecule has 0 aliphatic carbocycles. The lowest BCUT2D eigenvalue weighted by atomic mass is 9.93. The molecule has 4 aromatic rings. The number of carbonyl (C=O) groups excluding carboxylic acids is 2. The number of carbonyl (C=O) groups is 2. The smallest absolute Gasteiger partial charge is 0.250 e. The van der Waals surface area contributed by atoms with Gasteiger partial charge in [0.15, 0.2) is 0 Å². The van der Waals surface area contributed by atoms with E-state index in [-0.39, 0.29) is 18.4 Å². The first-order chi connectivity index (χ1) is 19.4. The number of aromatic nitrogens is 3. The number of anilines is 2. The summed E-state index contributed by atoms with van der Waals surface area (Å²) in [5.74, 6) is -0.448. The van der Waals surface area contributed by atoms with Crippen molar-refractivity contribution < 1.29 is 14.3 Å². The molecule has 1 fully saturated rings. The van der Waals surface area contributed by atoms with Crippen molar-refractivity contribution in [2.45, 2.75) is 45.8 Å². The second-order valence-electron chi connectivity index (χ2n) is 10.4. The van der Waals surface area contributed by atoms with Crippen LogP contribution in [0.2, 0.25) is 0 Å². The third-order valence-electron chi connectivity index (χ3n) is 7.74. The van der Waals surface area contributed by atoms with Gasteiger partial charge in [-0.2, -0.15) is 0 Å². The quantitative estimate of drug-likeness (QED) is 0.338. The average Bonchev–Trinajstić information content (AvgIpc) is 3.39. The maximum Gasteiger partial charge on any atom is 0.250 e. The molecule has 9 heteroatoms. The molecule has 0 radical (unpaired) electrons. The molecule has 3 aromatic carbocycles. The molecular formula is C31H36N6O3. The van der Waals surface area contributed by atoms with Gasteiger partial charge in [-0.15, -0.1) is 5.10 Å². The van der Waals surface area contributed by atoms with Gasteiger partial charge in [0.2, 0.25) is 11.8 Å². The van der Waals surface area contributed by atoms with Crippen LogP contribution < -0.4 is 10.2 Å². The highest BCUT2D eigenvalue weighted by Gasteiger charge is 2.41. The molecule has 40 heavy (non-hydrogen) atoms. The van der Waals surface area contributed by atoms with E-state index in [2.05, 4.69) is 20.5 Å². The van der Waals surface area contributed by atoms with Crippen molar-refractivity contribution >= 4 is 34.2 Å². The van der Waals surface area contributed by atoms with Crippen molar-refractivity contribution in [3.63, 3.8) is 0 Å². The maximum absolute atomic E-state index is 13.9. The summed E-state index contributed by atoms with van der Waals surface area (Å²) in [6.07, 6.45) is 0.431. The summed E-state index contributed by atoms with van der Waals surface area (Å²) in [5, 5.41) is 11.5. The Morgan fingerprint density at radius 1 is 1.00 bits per heavy atom. The van der Waals surface area contributed by atoms with Crippen LogP contribution in [0.1, 0.15) is 31.4 Å². The summed E-state index contributed by atoms with van der Waals surface area (Å²) in [7, 11) is 0. The lowest BCUT2D eigenvalue weighted by Crippen LogP contribution is -2.57. The van der Waals surface area contributed by atoms with Gasteiger partial charge in [0.1, 0.15) is 17.6 Å². The SMILES string of the molecule is CC[C@](C)(C(=O)Nc1ccc(N2CCOCC2)cc1)N(Cc1ccc(C)cc1)C(=O)Cn1nnc2ccccc21. The predicted octanol–water partition coefficient (Wildman–Crippen LogP) is 4.41.